The average Bonchev–Trinajstić information content (AvgIpc) is 2.79. The van der Waals surface area contributed by atoms with E-state index in [0.717, 1.165) is 0 Å². The molecule has 0 radical (unpaired) electrons. The van der Waals surface area contributed by atoms with E-state index in [4.69, 9.17) is 10.5 Å². The summed E-state index contributed by atoms with van der Waals surface area (Å²) >= 11 is 0. The van der Waals surface area contributed by atoms with E-state index in [1.807, 2.05) is 9.80 Å². The molecule has 102 valence electrons. The van der Waals surface area contributed by atoms with Crippen LogP contribution in [0.25, 0.3) is 0 Å². The SMILES string of the molecule is COc1nc(N)nc(N2CCN3C(=O)NCC3C2)n1. The van der Waals surface area contributed by atoms with Gasteiger partial charge in [0.25, 0.3) is 0 Å². The Morgan fingerprint density at radius 1 is 1.37 bits per heavy atom. The predicted molar refractivity (Wildman–Crippen MR) is 66.9 cm³/mol. The molecule has 2 aliphatic heterocycles. The highest BCUT2D eigenvalue weighted by atomic mass is 16.5. The molecule has 2 fully saturated rings. The summed E-state index contributed by atoms with van der Waals surface area (Å²) in [6, 6.07) is 0.341. The van der Waals surface area contributed by atoms with Crippen LogP contribution >= 0.6 is 0 Å². The van der Waals surface area contributed by atoms with E-state index >= 15 is 0 Å². The number of nitrogens with two attached hydrogens (primary N) is 1. The standard InChI is InChI=1S/C10H15N7O2/c1-19-9-14-7(11)13-8(15-9)16-2-3-17-6(5-16)4-12-10(17)18/h6H,2-5H2,1H3,(H,12,18)(H2,11,13,14,15). The molecule has 3 N–H and O–H groups in total. The number of methoxy groups -OCH3 is 1. The van der Waals surface area contributed by atoms with E-state index < -0.39 is 0 Å². The number of carbonyl (C=O) groups is 1. The summed E-state index contributed by atoms with van der Waals surface area (Å²) in [6.07, 6.45) is 0. The van der Waals surface area contributed by atoms with Crippen LogP contribution in [-0.4, -0.2) is 65.2 Å². The number of nitrogens with zero attached hydrogens (tertiary/aromatic N) is 5. The number of nitrogen functional groups attached to an aromatic ring is 1. The van der Waals surface area contributed by atoms with Crippen molar-refractivity contribution in [2.75, 3.05) is 43.9 Å². The average molecular weight is 265 g/mol. The van der Waals surface area contributed by atoms with Crippen LogP contribution in [-0.2, 0) is 0 Å². The lowest BCUT2D eigenvalue weighted by atomic mass is 10.2. The maximum Gasteiger partial charge on any atom is 0.322 e. The largest absolute Gasteiger partial charge is 0.467 e. The normalized spacial score (nSPS) is 22.2. The van der Waals surface area contributed by atoms with E-state index in [1.54, 1.807) is 0 Å². The highest BCUT2D eigenvalue weighted by Gasteiger charge is 2.36. The Labute approximate surface area is 109 Å². The van der Waals surface area contributed by atoms with Gasteiger partial charge in [-0.2, -0.15) is 15.0 Å². The molecule has 0 aliphatic carbocycles. The molecule has 3 rings (SSSR count). The first-order chi connectivity index (χ1) is 9.17. The Hall–Kier alpha value is -2.32. The number of fused-ring (bicyclic) bond motifs is 1. The molecule has 2 saturated heterocycles. The van der Waals surface area contributed by atoms with E-state index in [0.29, 0.717) is 32.1 Å². The molecule has 2 aliphatic rings. The number of nitrogens with one attached hydrogen (secondary N) is 1. The van der Waals surface area contributed by atoms with Gasteiger partial charge in [0.15, 0.2) is 0 Å². The third kappa shape index (κ3) is 2.07. The monoisotopic (exact) mass is 265 g/mol. The number of ether oxygens (including phenoxy) is 1. The number of amides is 2. The number of hydrogen-bond acceptors (Lipinski definition) is 7. The van der Waals surface area contributed by atoms with Crippen molar-refractivity contribution in [3.63, 3.8) is 0 Å². The number of piperazine rings is 1. The second-order valence-corrected chi connectivity index (χ2v) is 4.46. The minimum atomic E-state index is -0.00242. The number of hydrogen-bond donors (Lipinski definition) is 2. The van der Waals surface area contributed by atoms with Crippen molar-refractivity contribution in [3.05, 3.63) is 0 Å². The number of aromatic nitrogens is 3. The maximum absolute atomic E-state index is 11.5. The second-order valence-electron chi connectivity index (χ2n) is 4.46. The Bertz CT molecular complexity index is 509. The zero-order valence-electron chi connectivity index (χ0n) is 10.5. The van der Waals surface area contributed by atoms with Gasteiger partial charge in [0, 0.05) is 26.2 Å². The first-order valence-electron chi connectivity index (χ1n) is 6.02. The molecular weight excluding hydrogens is 250 g/mol. The molecule has 9 heteroatoms. The summed E-state index contributed by atoms with van der Waals surface area (Å²) in [6.45, 7) is 2.62. The van der Waals surface area contributed by atoms with Crippen LogP contribution in [0.2, 0.25) is 0 Å². The van der Waals surface area contributed by atoms with Crippen LogP contribution in [0.4, 0.5) is 16.7 Å². The van der Waals surface area contributed by atoms with Crippen LogP contribution in [0, 0.1) is 0 Å². The molecule has 3 heterocycles. The number of anilines is 2. The molecule has 2 amide bonds. The summed E-state index contributed by atoms with van der Waals surface area (Å²) in [5, 5.41) is 2.83. The second kappa shape index (κ2) is 4.41. The first kappa shape index (κ1) is 11.8. The van der Waals surface area contributed by atoms with Crippen LogP contribution in [0.15, 0.2) is 0 Å². The third-order valence-electron chi connectivity index (χ3n) is 3.32. The van der Waals surface area contributed by atoms with Crippen molar-refractivity contribution in [3.8, 4) is 6.01 Å². The Kier molecular flexibility index (Phi) is 2.73. The Morgan fingerprint density at radius 3 is 3.00 bits per heavy atom. The highest BCUT2D eigenvalue weighted by molar-refractivity contribution is 5.77. The maximum atomic E-state index is 11.5. The van der Waals surface area contributed by atoms with Gasteiger partial charge in [-0.1, -0.05) is 0 Å². The van der Waals surface area contributed by atoms with Crippen molar-refractivity contribution in [2.45, 2.75) is 6.04 Å². The molecule has 0 spiro atoms. The van der Waals surface area contributed by atoms with Gasteiger partial charge < -0.3 is 25.6 Å². The van der Waals surface area contributed by atoms with Crippen LogP contribution in [0.5, 0.6) is 6.01 Å². The third-order valence-corrected chi connectivity index (χ3v) is 3.32. The summed E-state index contributed by atoms with van der Waals surface area (Å²) in [5.74, 6) is 0.619. The lowest BCUT2D eigenvalue weighted by Gasteiger charge is -2.36. The topological polar surface area (TPSA) is 109 Å². The van der Waals surface area contributed by atoms with Gasteiger partial charge in [-0.25, -0.2) is 4.79 Å². The Morgan fingerprint density at radius 2 is 2.21 bits per heavy atom. The summed E-state index contributed by atoms with van der Waals surface area (Å²) in [5.41, 5.74) is 5.62. The molecule has 0 saturated carbocycles. The summed E-state index contributed by atoms with van der Waals surface area (Å²) in [4.78, 5) is 27.5. The minimum Gasteiger partial charge on any atom is -0.467 e. The van der Waals surface area contributed by atoms with E-state index in [9.17, 15) is 4.79 Å². The van der Waals surface area contributed by atoms with Gasteiger partial charge in [0.1, 0.15) is 0 Å². The summed E-state index contributed by atoms with van der Waals surface area (Å²) < 4.78 is 4.98. The molecule has 0 aromatic carbocycles. The van der Waals surface area contributed by atoms with E-state index in [1.165, 1.54) is 7.11 Å². The van der Waals surface area contributed by atoms with Crippen LogP contribution < -0.4 is 20.7 Å². The van der Waals surface area contributed by atoms with Gasteiger partial charge in [-0.05, 0) is 0 Å². The highest BCUT2D eigenvalue weighted by Crippen LogP contribution is 2.19. The fourth-order valence-corrected chi connectivity index (χ4v) is 2.38. The molecule has 1 atom stereocenters. The number of carbonyl (C=O) groups excluding carboxylic acids is 1. The smallest absolute Gasteiger partial charge is 0.322 e. The van der Waals surface area contributed by atoms with Crippen molar-refractivity contribution < 1.29 is 9.53 Å². The molecule has 1 unspecified atom stereocenters. The van der Waals surface area contributed by atoms with E-state index in [-0.39, 0.29) is 24.0 Å². The van der Waals surface area contributed by atoms with Gasteiger partial charge in [-0.15, -0.1) is 0 Å². The number of urea groups is 1. The molecular formula is C10H15N7O2. The summed E-state index contributed by atoms with van der Waals surface area (Å²) in [7, 11) is 1.48. The van der Waals surface area contributed by atoms with E-state index in [2.05, 4.69) is 20.3 Å². The van der Waals surface area contributed by atoms with Gasteiger partial charge >= 0.3 is 12.0 Å². The fourth-order valence-electron chi connectivity index (χ4n) is 2.38. The van der Waals surface area contributed by atoms with Gasteiger partial charge in [0.2, 0.25) is 11.9 Å². The lowest BCUT2D eigenvalue weighted by Crippen LogP contribution is -2.52. The minimum absolute atomic E-state index is 0.00242. The zero-order valence-corrected chi connectivity index (χ0v) is 10.5. The van der Waals surface area contributed by atoms with Crippen LogP contribution in [0.1, 0.15) is 0 Å². The van der Waals surface area contributed by atoms with Gasteiger partial charge in [0.05, 0.1) is 13.2 Å². The van der Waals surface area contributed by atoms with Crippen molar-refractivity contribution in [2.24, 2.45) is 0 Å². The van der Waals surface area contributed by atoms with Crippen molar-refractivity contribution >= 4 is 17.9 Å². The van der Waals surface area contributed by atoms with Crippen molar-refractivity contribution in [1.29, 1.82) is 0 Å². The molecule has 0 bridgehead atoms. The first-order valence-corrected chi connectivity index (χ1v) is 6.02. The Balaban J connectivity index is 1.80. The molecule has 19 heavy (non-hydrogen) atoms. The quantitative estimate of drug-likeness (QED) is 0.682. The number of rotatable bonds is 2. The van der Waals surface area contributed by atoms with Gasteiger partial charge in [-0.3, -0.25) is 0 Å². The molecule has 1 aromatic heterocycles. The molecule has 9 nitrogen and oxygen atoms in total. The predicted octanol–water partition coefficient (Wildman–Crippen LogP) is -1.32. The molecule has 1 aromatic rings. The zero-order chi connectivity index (χ0) is 13.4. The lowest BCUT2D eigenvalue weighted by molar-refractivity contribution is 0.197. The fraction of sp³-hybridized carbons (Fsp3) is 0.600. The van der Waals surface area contributed by atoms with Crippen LogP contribution in [0.3, 0.4) is 0 Å². The van der Waals surface area contributed by atoms with Crippen molar-refractivity contribution in [1.82, 2.24) is 25.2 Å².